The number of pyridine rings is 2. The number of ether oxygens (including phenoxy) is 2. The second-order valence-corrected chi connectivity index (χ2v) is 8.48. The van der Waals surface area contributed by atoms with Crippen LogP contribution >= 0.6 is 11.6 Å². The molecule has 3 aromatic rings. The van der Waals surface area contributed by atoms with Crippen LogP contribution in [0.3, 0.4) is 0 Å². The summed E-state index contributed by atoms with van der Waals surface area (Å²) >= 11 is 6.56. The van der Waals surface area contributed by atoms with Crippen molar-refractivity contribution in [2.45, 2.75) is 39.8 Å². The van der Waals surface area contributed by atoms with Gasteiger partial charge in [-0.15, -0.1) is 0 Å². The molecule has 0 aliphatic carbocycles. The Morgan fingerprint density at radius 2 is 2.06 bits per heavy atom. The third-order valence-electron chi connectivity index (χ3n) is 5.40. The van der Waals surface area contributed by atoms with E-state index >= 15 is 0 Å². The third-order valence-corrected chi connectivity index (χ3v) is 5.69. The minimum atomic E-state index is -1.05. The summed E-state index contributed by atoms with van der Waals surface area (Å²) in [6, 6.07) is 5.23. The molecule has 32 heavy (non-hydrogen) atoms. The van der Waals surface area contributed by atoms with Crippen molar-refractivity contribution in [1.29, 1.82) is 0 Å². The molecule has 0 fully saturated rings. The lowest BCUT2D eigenvalue weighted by Crippen LogP contribution is -2.33. The molecule has 0 aliphatic heterocycles. The number of aromatic nitrogens is 2. The number of carboxylic acid groups (broad SMARTS) is 1. The number of nitrogens with zero attached hydrogens (tertiary/aromatic N) is 2. The summed E-state index contributed by atoms with van der Waals surface area (Å²) in [5.74, 6) is 0.560. The maximum atomic E-state index is 13.3. The molecule has 9 heteroatoms. The third kappa shape index (κ3) is 5.14. The molecule has 0 aliphatic rings. The van der Waals surface area contributed by atoms with Crippen molar-refractivity contribution in [3.05, 3.63) is 45.5 Å². The summed E-state index contributed by atoms with van der Waals surface area (Å²) < 4.78 is 12.9. The van der Waals surface area contributed by atoms with Crippen LogP contribution in [0.2, 0.25) is 5.02 Å². The second-order valence-electron chi connectivity index (χ2n) is 8.07. The van der Waals surface area contributed by atoms with Gasteiger partial charge in [0.25, 0.3) is 5.56 Å². The fourth-order valence-electron chi connectivity index (χ4n) is 3.98. The van der Waals surface area contributed by atoms with E-state index in [1.165, 1.54) is 0 Å². The molecule has 2 N–H and O–H groups in total. The average molecular weight is 462 g/mol. The van der Waals surface area contributed by atoms with Crippen LogP contribution in [0.4, 0.5) is 4.79 Å². The van der Waals surface area contributed by atoms with Gasteiger partial charge in [0.05, 0.1) is 34.8 Å². The molecule has 0 spiro atoms. The van der Waals surface area contributed by atoms with E-state index in [9.17, 15) is 9.59 Å². The number of hydrogen-bond donors (Lipinski definition) is 2. The highest BCUT2D eigenvalue weighted by molar-refractivity contribution is 6.33. The minimum absolute atomic E-state index is 0.0876. The van der Waals surface area contributed by atoms with E-state index in [1.54, 1.807) is 23.9 Å². The van der Waals surface area contributed by atoms with Crippen LogP contribution in [-0.2, 0) is 11.3 Å². The highest BCUT2D eigenvalue weighted by Crippen LogP contribution is 2.34. The summed E-state index contributed by atoms with van der Waals surface area (Å²) in [6.45, 7) is 6.72. The zero-order chi connectivity index (χ0) is 23.4. The number of fused-ring (bicyclic) bond motifs is 3. The zero-order valence-electron chi connectivity index (χ0n) is 18.6. The van der Waals surface area contributed by atoms with Gasteiger partial charge in [0.2, 0.25) is 0 Å². The normalized spacial score (nSPS) is 13.3. The standard InChI is InChI=1S/C23H28ClN3O5/c1-13(9-14(2)26-23(29)30)12-32-20-11-19-17(10-18(20)24)16-5-6-25-15(3)21(16)22(28)27(19)7-8-31-4/h5-6,10-11,13-14,26H,7-9,12H2,1-4H3,(H,29,30). The SMILES string of the molecule is COCCn1c(=O)c2c(C)nccc2c2cc(Cl)c(OCC(C)CC(C)NC(=O)O)cc21. The van der Waals surface area contributed by atoms with Gasteiger partial charge in [0, 0.05) is 37.3 Å². The zero-order valence-corrected chi connectivity index (χ0v) is 19.4. The Morgan fingerprint density at radius 3 is 2.75 bits per heavy atom. The van der Waals surface area contributed by atoms with Crippen LogP contribution in [0.1, 0.15) is 26.0 Å². The second kappa shape index (κ2) is 10.2. The summed E-state index contributed by atoms with van der Waals surface area (Å²) in [5, 5.41) is 13.9. The number of nitrogens with one attached hydrogen (secondary N) is 1. The predicted octanol–water partition coefficient (Wildman–Crippen LogP) is 4.22. The quantitative estimate of drug-likeness (QED) is 0.462. The van der Waals surface area contributed by atoms with Crippen molar-refractivity contribution in [1.82, 2.24) is 14.9 Å². The topological polar surface area (TPSA) is 103 Å². The lowest BCUT2D eigenvalue weighted by Gasteiger charge is -2.19. The van der Waals surface area contributed by atoms with Crippen molar-refractivity contribution < 1.29 is 19.4 Å². The van der Waals surface area contributed by atoms with E-state index in [-0.39, 0.29) is 17.5 Å². The minimum Gasteiger partial charge on any atom is -0.492 e. The van der Waals surface area contributed by atoms with Crippen molar-refractivity contribution >= 4 is 39.4 Å². The molecular formula is C23H28ClN3O5. The first-order valence-corrected chi connectivity index (χ1v) is 10.8. The number of halogens is 1. The van der Waals surface area contributed by atoms with E-state index in [2.05, 4.69) is 10.3 Å². The fourth-order valence-corrected chi connectivity index (χ4v) is 4.19. The molecule has 0 bridgehead atoms. The molecule has 2 atom stereocenters. The highest BCUT2D eigenvalue weighted by Gasteiger charge is 2.17. The Labute approximate surface area is 191 Å². The van der Waals surface area contributed by atoms with E-state index in [4.69, 9.17) is 26.2 Å². The Kier molecular flexibility index (Phi) is 7.58. The predicted molar refractivity (Wildman–Crippen MR) is 125 cm³/mol. The number of hydrogen-bond acceptors (Lipinski definition) is 5. The summed E-state index contributed by atoms with van der Waals surface area (Å²) in [4.78, 5) is 28.3. The van der Waals surface area contributed by atoms with Gasteiger partial charge in [0.15, 0.2) is 0 Å². The molecular weight excluding hydrogens is 434 g/mol. The Balaban J connectivity index is 1.99. The largest absolute Gasteiger partial charge is 0.492 e. The number of amides is 1. The van der Waals surface area contributed by atoms with Gasteiger partial charge >= 0.3 is 6.09 Å². The Bertz CT molecular complexity index is 1190. The molecule has 172 valence electrons. The van der Waals surface area contributed by atoms with Crippen LogP contribution in [-0.4, -0.2) is 47.1 Å². The van der Waals surface area contributed by atoms with E-state index in [0.717, 1.165) is 10.8 Å². The van der Waals surface area contributed by atoms with Crippen molar-refractivity contribution in [3.8, 4) is 5.75 Å². The van der Waals surface area contributed by atoms with Crippen molar-refractivity contribution in [2.75, 3.05) is 20.3 Å². The van der Waals surface area contributed by atoms with Crippen LogP contribution in [0.5, 0.6) is 5.75 Å². The summed E-state index contributed by atoms with van der Waals surface area (Å²) in [5.41, 5.74) is 1.23. The van der Waals surface area contributed by atoms with E-state index < -0.39 is 6.09 Å². The van der Waals surface area contributed by atoms with Gasteiger partial charge in [-0.1, -0.05) is 18.5 Å². The lowest BCUT2D eigenvalue weighted by atomic mass is 10.0. The van der Waals surface area contributed by atoms with Crippen LogP contribution in [0.25, 0.3) is 21.7 Å². The first kappa shape index (κ1) is 23.8. The number of methoxy groups -OCH3 is 1. The molecule has 0 radical (unpaired) electrons. The number of rotatable bonds is 9. The van der Waals surface area contributed by atoms with Crippen molar-refractivity contribution in [2.24, 2.45) is 5.92 Å². The molecule has 8 nitrogen and oxygen atoms in total. The molecule has 3 rings (SSSR count). The van der Waals surface area contributed by atoms with Gasteiger partial charge in [-0.3, -0.25) is 9.78 Å². The van der Waals surface area contributed by atoms with E-state index in [0.29, 0.717) is 53.5 Å². The summed E-state index contributed by atoms with van der Waals surface area (Å²) in [7, 11) is 1.59. The van der Waals surface area contributed by atoms with Gasteiger partial charge < -0.3 is 24.5 Å². The maximum absolute atomic E-state index is 13.3. The van der Waals surface area contributed by atoms with Crippen LogP contribution in [0, 0.1) is 12.8 Å². The molecule has 1 aromatic carbocycles. The molecule has 2 unspecified atom stereocenters. The van der Waals surface area contributed by atoms with Crippen LogP contribution in [0.15, 0.2) is 29.2 Å². The first-order chi connectivity index (χ1) is 15.2. The Morgan fingerprint density at radius 1 is 1.31 bits per heavy atom. The van der Waals surface area contributed by atoms with Gasteiger partial charge in [-0.05, 0) is 43.7 Å². The maximum Gasteiger partial charge on any atom is 0.404 e. The monoisotopic (exact) mass is 461 g/mol. The fraction of sp³-hybridized carbons (Fsp3) is 0.435. The molecule has 2 heterocycles. The first-order valence-electron chi connectivity index (χ1n) is 10.5. The number of benzene rings is 1. The number of carbonyl (C=O) groups is 1. The van der Waals surface area contributed by atoms with E-state index in [1.807, 2.05) is 32.9 Å². The average Bonchev–Trinajstić information content (AvgIpc) is 2.72. The number of aryl methyl sites for hydroxylation is 1. The smallest absolute Gasteiger partial charge is 0.404 e. The highest BCUT2D eigenvalue weighted by atomic mass is 35.5. The molecule has 0 saturated carbocycles. The summed E-state index contributed by atoms with van der Waals surface area (Å²) in [6.07, 6.45) is 1.25. The molecule has 0 saturated heterocycles. The van der Waals surface area contributed by atoms with Crippen molar-refractivity contribution in [3.63, 3.8) is 0 Å². The molecule has 2 aromatic heterocycles. The Hall–Kier alpha value is -2.84. The lowest BCUT2D eigenvalue weighted by molar-refractivity contribution is 0.185. The molecule has 1 amide bonds. The van der Waals surface area contributed by atoms with Gasteiger partial charge in [0.1, 0.15) is 5.75 Å². The van der Waals surface area contributed by atoms with Gasteiger partial charge in [-0.2, -0.15) is 0 Å². The van der Waals surface area contributed by atoms with Crippen LogP contribution < -0.4 is 15.6 Å². The van der Waals surface area contributed by atoms with Gasteiger partial charge in [-0.25, -0.2) is 4.79 Å².